The molecule has 0 saturated carbocycles. The van der Waals surface area contributed by atoms with E-state index in [1.807, 2.05) is 0 Å². The van der Waals surface area contributed by atoms with Crippen LogP contribution in [0.2, 0.25) is 0 Å². The lowest BCUT2D eigenvalue weighted by molar-refractivity contribution is -0.322. The van der Waals surface area contributed by atoms with Crippen molar-refractivity contribution >= 4 is 11.0 Å². The van der Waals surface area contributed by atoms with Gasteiger partial charge >= 0.3 is 5.63 Å². The molecule has 2 heterocycles. The number of methoxy groups -OCH3 is 1. The van der Waals surface area contributed by atoms with E-state index in [1.54, 1.807) is 0 Å². The molecule has 11 heteroatoms. The third kappa shape index (κ3) is 4.80. The zero-order valence-electron chi connectivity index (χ0n) is 17.8. The van der Waals surface area contributed by atoms with Gasteiger partial charge < -0.3 is 49.3 Å². The van der Waals surface area contributed by atoms with Crippen LogP contribution in [-0.2, 0) is 9.47 Å². The van der Waals surface area contributed by atoms with Crippen LogP contribution in [0.1, 0.15) is 25.5 Å². The summed E-state index contributed by atoms with van der Waals surface area (Å²) in [5.41, 5.74) is -1.83. The summed E-state index contributed by atoms with van der Waals surface area (Å²) in [7, 11) is 1.34. The number of fused-ring (bicyclic) bond motifs is 1. The lowest BCUT2D eigenvalue weighted by Crippen LogP contribution is -2.60. The number of aliphatic hydroxyl groups is 6. The Labute approximate surface area is 183 Å². The van der Waals surface area contributed by atoms with Crippen molar-refractivity contribution in [3.05, 3.63) is 40.2 Å². The lowest BCUT2D eigenvalue weighted by atomic mass is 9.91. The molecular formula is C21H28O11. The van der Waals surface area contributed by atoms with Crippen molar-refractivity contribution in [3.8, 4) is 5.75 Å². The predicted molar refractivity (Wildman–Crippen MR) is 109 cm³/mol. The van der Waals surface area contributed by atoms with Crippen molar-refractivity contribution in [2.75, 3.05) is 13.7 Å². The van der Waals surface area contributed by atoms with Crippen molar-refractivity contribution in [2.45, 2.75) is 62.4 Å². The summed E-state index contributed by atoms with van der Waals surface area (Å²) in [6.07, 6.45) is -10.8. The summed E-state index contributed by atoms with van der Waals surface area (Å²) < 4.78 is 21.7. The van der Waals surface area contributed by atoms with Gasteiger partial charge in [0, 0.05) is 23.1 Å². The molecule has 6 N–H and O–H groups in total. The second-order valence-electron chi connectivity index (χ2n) is 8.24. The van der Waals surface area contributed by atoms with E-state index in [9.17, 15) is 35.4 Å². The minimum absolute atomic E-state index is 0.143. The topological polar surface area (TPSA) is 179 Å². The molecule has 0 radical (unpaired) electrons. The number of rotatable bonds is 7. The zero-order valence-corrected chi connectivity index (χ0v) is 17.8. The number of hydrogen-bond donors (Lipinski definition) is 6. The first-order valence-corrected chi connectivity index (χ1v) is 9.96. The highest BCUT2D eigenvalue weighted by molar-refractivity contribution is 5.79. The second-order valence-corrected chi connectivity index (χ2v) is 8.24. The van der Waals surface area contributed by atoms with E-state index in [-0.39, 0.29) is 16.9 Å². The van der Waals surface area contributed by atoms with Crippen LogP contribution in [0.5, 0.6) is 5.75 Å². The fraction of sp³-hybridized carbons (Fsp3) is 0.571. The fourth-order valence-electron chi connectivity index (χ4n) is 3.53. The molecule has 0 bridgehead atoms. The van der Waals surface area contributed by atoms with Crippen LogP contribution in [0, 0.1) is 0 Å². The van der Waals surface area contributed by atoms with Gasteiger partial charge in [0.05, 0.1) is 19.3 Å². The smallest absolute Gasteiger partial charge is 0.336 e. The number of benzene rings is 1. The summed E-state index contributed by atoms with van der Waals surface area (Å²) in [5, 5.41) is 61.7. The predicted octanol–water partition coefficient (Wildman–Crippen LogP) is -1.21. The normalized spacial score (nSPS) is 28.5. The molecule has 1 aromatic heterocycles. The minimum atomic E-state index is -1.73. The number of ether oxygens (including phenoxy) is 3. The molecule has 1 saturated heterocycles. The minimum Gasteiger partial charge on any atom is -0.496 e. The SMILES string of the molecule is COc1cc2oc(=O)ccc2cc1[C@H](O[C@@H]1O[C@H](CO)[C@@H](O)[C@H](O)[C@H]1O)[C@@H](O)C(C)(C)O. The molecule has 2 aromatic rings. The Hall–Kier alpha value is -2.09. The first-order valence-electron chi connectivity index (χ1n) is 9.96. The average Bonchev–Trinajstić information content (AvgIpc) is 2.75. The molecule has 3 rings (SSSR count). The van der Waals surface area contributed by atoms with Gasteiger partial charge in [0.2, 0.25) is 0 Å². The maximum absolute atomic E-state index is 11.5. The van der Waals surface area contributed by atoms with Gasteiger partial charge in [0.25, 0.3) is 0 Å². The van der Waals surface area contributed by atoms with Crippen molar-refractivity contribution in [1.82, 2.24) is 0 Å². The molecule has 0 aliphatic carbocycles. The lowest BCUT2D eigenvalue weighted by Gasteiger charge is -2.42. The third-order valence-corrected chi connectivity index (χ3v) is 5.42. The van der Waals surface area contributed by atoms with Gasteiger partial charge in [-0.2, -0.15) is 0 Å². The highest BCUT2D eigenvalue weighted by atomic mass is 16.7. The Morgan fingerprint density at radius 2 is 1.81 bits per heavy atom. The van der Waals surface area contributed by atoms with E-state index >= 15 is 0 Å². The van der Waals surface area contributed by atoms with Gasteiger partial charge in [-0.05, 0) is 26.0 Å². The summed E-state index contributed by atoms with van der Waals surface area (Å²) >= 11 is 0. The van der Waals surface area contributed by atoms with E-state index in [0.29, 0.717) is 5.39 Å². The van der Waals surface area contributed by atoms with Crippen LogP contribution in [0.3, 0.4) is 0 Å². The first kappa shape index (κ1) is 24.6. The Bertz CT molecular complexity index is 980. The van der Waals surface area contributed by atoms with Crippen LogP contribution < -0.4 is 10.4 Å². The Morgan fingerprint density at radius 1 is 1.12 bits per heavy atom. The monoisotopic (exact) mass is 456 g/mol. The zero-order chi connectivity index (χ0) is 23.8. The van der Waals surface area contributed by atoms with Crippen LogP contribution >= 0.6 is 0 Å². The van der Waals surface area contributed by atoms with Gasteiger partial charge in [0.1, 0.15) is 48.0 Å². The number of hydrogen-bond acceptors (Lipinski definition) is 11. The van der Waals surface area contributed by atoms with Crippen molar-refractivity contribution in [2.24, 2.45) is 0 Å². The Balaban J connectivity index is 2.07. The molecule has 1 aromatic carbocycles. The van der Waals surface area contributed by atoms with Gasteiger partial charge in [-0.1, -0.05) is 0 Å². The van der Waals surface area contributed by atoms with Gasteiger partial charge in [-0.25, -0.2) is 4.79 Å². The highest BCUT2D eigenvalue weighted by Gasteiger charge is 2.47. The third-order valence-electron chi connectivity index (χ3n) is 5.42. The molecule has 32 heavy (non-hydrogen) atoms. The van der Waals surface area contributed by atoms with Crippen LogP contribution in [0.15, 0.2) is 33.5 Å². The molecule has 0 amide bonds. The Kier molecular flexibility index (Phi) is 7.22. The van der Waals surface area contributed by atoms with E-state index in [0.717, 1.165) is 0 Å². The van der Waals surface area contributed by atoms with E-state index in [2.05, 4.69) is 0 Å². The molecule has 178 valence electrons. The van der Waals surface area contributed by atoms with Crippen molar-refractivity contribution in [3.63, 3.8) is 0 Å². The number of aliphatic hydroxyl groups excluding tert-OH is 5. The molecule has 1 aliphatic heterocycles. The molecule has 1 aliphatic rings. The van der Waals surface area contributed by atoms with Crippen LogP contribution in [0.4, 0.5) is 0 Å². The second kappa shape index (κ2) is 9.41. The summed E-state index contributed by atoms with van der Waals surface area (Å²) in [5.74, 6) is 0.143. The molecule has 11 nitrogen and oxygen atoms in total. The molecule has 1 fully saturated rings. The fourth-order valence-corrected chi connectivity index (χ4v) is 3.53. The molecule has 0 spiro atoms. The molecular weight excluding hydrogens is 428 g/mol. The maximum atomic E-state index is 11.5. The van der Waals surface area contributed by atoms with Crippen molar-refractivity contribution in [1.29, 1.82) is 0 Å². The van der Waals surface area contributed by atoms with Crippen molar-refractivity contribution < 1.29 is 49.3 Å². The largest absolute Gasteiger partial charge is 0.496 e. The van der Waals surface area contributed by atoms with Crippen LogP contribution in [0.25, 0.3) is 11.0 Å². The quantitative estimate of drug-likeness (QED) is 0.275. The van der Waals surface area contributed by atoms with E-state index < -0.39 is 60.7 Å². The van der Waals surface area contributed by atoms with Gasteiger partial charge in [-0.15, -0.1) is 0 Å². The van der Waals surface area contributed by atoms with Gasteiger partial charge in [-0.3, -0.25) is 0 Å². The summed E-state index contributed by atoms with van der Waals surface area (Å²) in [4.78, 5) is 11.5. The molecule has 0 unspecified atom stereocenters. The first-order chi connectivity index (χ1) is 15.0. The maximum Gasteiger partial charge on any atom is 0.336 e. The standard InChI is InChI=1S/C21H28O11/c1-21(2,28)19(27)18(32-20-17(26)16(25)15(24)13(8-22)31-20)10-6-9-4-5-14(23)30-11(9)7-12(10)29-3/h4-7,13,15-20,22,24-28H,8H2,1-3H3/t13-,15-,16+,17-,18+,19-,20+/m1/s1. The highest BCUT2D eigenvalue weighted by Crippen LogP contribution is 2.38. The summed E-state index contributed by atoms with van der Waals surface area (Å²) in [6, 6.07) is 5.62. The average molecular weight is 456 g/mol. The molecule has 7 atom stereocenters. The van der Waals surface area contributed by atoms with E-state index in [4.69, 9.17) is 18.6 Å². The Morgan fingerprint density at radius 3 is 2.41 bits per heavy atom. The van der Waals surface area contributed by atoms with Crippen LogP contribution in [-0.4, -0.2) is 86.8 Å². The van der Waals surface area contributed by atoms with Gasteiger partial charge in [0.15, 0.2) is 6.29 Å². The van der Waals surface area contributed by atoms with E-state index in [1.165, 1.54) is 45.2 Å². The summed E-state index contributed by atoms with van der Waals surface area (Å²) in [6.45, 7) is 2.02.